The van der Waals surface area contributed by atoms with Gasteiger partial charge in [-0.25, -0.2) is 0 Å². The van der Waals surface area contributed by atoms with Crippen molar-refractivity contribution in [1.29, 1.82) is 0 Å². The maximum atomic E-state index is 12.9. The predicted octanol–water partition coefficient (Wildman–Crippen LogP) is 2.79. The van der Waals surface area contributed by atoms with E-state index < -0.39 is 0 Å². The van der Waals surface area contributed by atoms with Crippen LogP contribution >= 0.6 is 0 Å². The van der Waals surface area contributed by atoms with E-state index in [2.05, 4.69) is 0 Å². The lowest BCUT2D eigenvalue weighted by atomic mass is 10.1. The van der Waals surface area contributed by atoms with Crippen molar-refractivity contribution in [1.82, 2.24) is 0 Å². The monoisotopic (exact) mass is 282 g/mol. The number of anilines is 2. The normalized spacial score (nSPS) is 13.1. The first-order valence-electron chi connectivity index (χ1n) is 6.95. The fourth-order valence-electron chi connectivity index (χ4n) is 2.82. The third-order valence-corrected chi connectivity index (χ3v) is 3.86. The number of nitrogen functional groups attached to an aromatic ring is 1. The van der Waals surface area contributed by atoms with E-state index in [9.17, 15) is 4.79 Å². The summed E-state index contributed by atoms with van der Waals surface area (Å²) in [5, 5.41) is 0. The van der Waals surface area contributed by atoms with Crippen LogP contribution in [-0.4, -0.2) is 19.6 Å². The van der Waals surface area contributed by atoms with Crippen molar-refractivity contribution in [3.63, 3.8) is 0 Å². The summed E-state index contributed by atoms with van der Waals surface area (Å²) in [6.45, 7) is 2.61. The van der Waals surface area contributed by atoms with E-state index in [1.165, 1.54) is 0 Å². The Morgan fingerprint density at radius 1 is 1.29 bits per heavy atom. The zero-order chi connectivity index (χ0) is 15.0. The lowest BCUT2D eigenvalue weighted by Crippen LogP contribution is -2.29. The Morgan fingerprint density at radius 3 is 2.86 bits per heavy atom. The van der Waals surface area contributed by atoms with Crippen molar-refractivity contribution >= 4 is 17.3 Å². The maximum absolute atomic E-state index is 12.9. The fraction of sp³-hybridized carbons (Fsp3) is 0.235. The number of para-hydroxylation sites is 1. The first kappa shape index (κ1) is 13.5. The van der Waals surface area contributed by atoms with Crippen molar-refractivity contribution in [3.8, 4) is 5.75 Å². The number of carbonyl (C=O) groups is 1. The second-order valence-electron chi connectivity index (χ2n) is 5.27. The minimum atomic E-state index is -0.0628. The van der Waals surface area contributed by atoms with Crippen LogP contribution < -0.4 is 15.4 Å². The van der Waals surface area contributed by atoms with Gasteiger partial charge in [-0.3, -0.25) is 4.79 Å². The van der Waals surface area contributed by atoms with Gasteiger partial charge in [-0.1, -0.05) is 23.8 Å². The van der Waals surface area contributed by atoms with E-state index in [-0.39, 0.29) is 5.91 Å². The maximum Gasteiger partial charge on any atom is 0.262 e. The lowest BCUT2D eigenvalue weighted by Gasteiger charge is -2.20. The molecule has 0 fully saturated rings. The first-order valence-corrected chi connectivity index (χ1v) is 6.95. The molecule has 0 unspecified atom stereocenters. The van der Waals surface area contributed by atoms with Gasteiger partial charge in [0.25, 0.3) is 5.91 Å². The molecule has 0 saturated carbocycles. The molecule has 4 heteroatoms. The van der Waals surface area contributed by atoms with Crippen LogP contribution in [0.5, 0.6) is 5.75 Å². The molecule has 1 amide bonds. The zero-order valence-corrected chi connectivity index (χ0v) is 12.2. The number of aryl methyl sites for hydroxylation is 1. The van der Waals surface area contributed by atoms with Gasteiger partial charge in [-0.2, -0.15) is 0 Å². The molecule has 0 atom stereocenters. The average Bonchev–Trinajstić information content (AvgIpc) is 2.92. The topological polar surface area (TPSA) is 55.6 Å². The summed E-state index contributed by atoms with van der Waals surface area (Å²) in [6, 6.07) is 11.4. The highest BCUT2D eigenvalue weighted by Gasteiger charge is 2.29. The Hall–Kier alpha value is -2.49. The minimum Gasteiger partial charge on any atom is -0.496 e. The van der Waals surface area contributed by atoms with Gasteiger partial charge in [0.1, 0.15) is 5.75 Å². The number of ether oxygens (including phenoxy) is 1. The molecule has 0 aromatic heterocycles. The molecule has 108 valence electrons. The summed E-state index contributed by atoms with van der Waals surface area (Å²) in [7, 11) is 1.58. The van der Waals surface area contributed by atoms with E-state index in [4.69, 9.17) is 10.5 Å². The van der Waals surface area contributed by atoms with E-state index in [1.807, 2.05) is 43.3 Å². The summed E-state index contributed by atoms with van der Waals surface area (Å²) in [6.07, 6.45) is 0.834. The van der Waals surface area contributed by atoms with E-state index in [0.29, 0.717) is 23.5 Å². The van der Waals surface area contributed by atoms with Gasteiger partial charge in [-0.05, 0) is 37.1 Å². The number of nitrogens with two attached hydrogens (primary N) is 1. The largest absolute Gasteiger partial charge is 0.496 e. The van der Waals surface area contributed by atoms with Crippen LogP contribution in [0.25, 0.3) is 0 Å². The summed E-state index contributed by atoms with van der Waals surface area (Å²) in [5.74, 6) is 0.528. The van der Waals surface area contributed by atoms with Gasteiger partial charge in [0.05, 0.1) is 24.0 Å². The Bertz CT molecular complexity index is 710. The molecule has 0 spiro atoms. The molecule has 4 nitrogen and oxygen atoms in total. The Kier molecular flexibility index (Phi) is 3.29. The Balaban J connectivity index is 2.04. The molecular formula is C17H18N2O2. The standard InChI is InChI=1S/C17H18N2O2/c1-11-6-7-15(21-2)13(10-11)17(20)19-9-8-12-4-3-5-14(18)16(12)19/h3-7,10H,8-9,18H2,1-2H3. The van der Waals surface area contributed by atoms with Crippen molar-refractivity contribution in [3.05, 3.63) is 53.1 Å². The molecule has 0 radical (unpaired) electrons. The number of fused-ring (bicyclic) bond motifs is 1. The molecular weight excluding hydrogens is 264 g/mol. The molecule has 3 rings (SSSR count). The minimum absolute atomic E-state index is 0.0628. The number of amides is 1. The zero-order valence-electron chi connectivity index (χ0n) is 12.2. The quantitative estimate of drug-likeness (QED) is 0.862. The number of rotatable bonds is 2. The average molecular weight is 282 g/mol. The number of hydrogen-bond acceptors (Lipinski definition) is 3. The van der Waals surface area contributed by atoms with E-state index >= 15 is 0 Å². The van der Waals surface area contributed by atoms with Crippen molar-refractivity contribution in [2.24, 2.45) is 0 Å². The summed E-state index contributed by atoms with van der Waals surface area (Å²) >= 11 is 0. The molecule has 1 heterocycles. The number of carbonyl (C=O) groups excluding carboxylic acids is 1. The Morgan fingerprint density at radius 2 is 2.10 bits per heavy atom. The highest BCUT2D eigenvalue weighted by atomic mass is 16.5. The number of methoxy groups -OCH3 is 1. The number of benzene rings is 2. The third kappa shape index (κ3) is 2.23. The molecule has 2 N–H and O–H groups in total. The van der Waals surface area contributed by atoms with E-state index in [1.54, 1.807) is 12.0 Å². The molecule has 0 saturated heterocycles. The van der Waals surface area contributed by atoms with Gasteiger partial charge < -0.3 is 15.4 Å². The number of nitrogens with zero attached hydrogens (tertiary/aromatic N) is 1. The van der Waals surface area contributed by atoms with Crippen molar-refractivity contribution in [2.45, 2.75) is 13.3 Å². The molecule has 21 heavy (non-hydrogen) atoms. The van der Waals surface area contributed by atoms with Gasteiger partial charge in [0.15, 0.2) is 0 Å². The van der Waals surface area contributed by atoms with Crippen LogP contribution in [-0.2, 0) is 6.42 Å². The highest BCUT2D eigenvalue weighted by Crippen LogP contribution is 2.35. The van der Waals surface area contributed by atoms with Gasteiger partial charge in [0, 0.05) is 6.54 Å². The highest BCUT2D eigenvalue weighted by molar-refractivity contribution is 6.10. The second-order valence-corrected chi connectivity index (χ2v) is 5.27. The van der Waals surface area contributed by atoms with Crippen LogP contribution in [0.1, 0.15) is 21.5 Å². The van der Waals surface area contributed by atoms with Gasteiger partial charge in [-0.15, -0.1) is 0 Å². The Labute approximate surface area is 124 Å². The van der Waals surface area contributed by atoms with Crippen LogP contribution in [0.4, 0.5) is 11.4 Å². The van der Waals surface area contributed by atoms with E-state index in [0.717, 1.165) is 23.2 Å². The fourth-order valence-corrected chi connectivity index (χ4v) is 2.82. The first-order chi connectivity index (χ1) is 10.1. The van der Waals surface area contributed by atoms with Crippen molar-refractivity contribution in [2.75, 3.05) is 24.3 Å². The molecule has 1 aliphatic rings. The van der Waals surface area contributed by atoms with Gasteiger partial charge >= 0.3 is 0 Å². The predicted molar refractivity (Wildman–Crippen MR) is 84.0 cm³/mol. The molecule has 2 aromatic rings. The van der Waals surface area contributed by atoms with Crippen LogP contribution in [0.3, 0.4) is 0 Å². The second kappa shape index (κ2) is 5.13. The van der Waals surface area contributed by atoms with Crippen molar-refractivity contribution < 1.29 is 9.53 Å². The SMILES string of the molecule is COc1ccc(C)cc1C(=O)N1CCc2cccc(N)c21. The smallest absolute Gasteiger partial charge is 0.262 e. The number of hydrogen-bond donors (Lipinski definition) is 1. The molecule has 1 aliphatic heterocycles. The molecule has 0 bridgehead atoms. The summed E-state index contributed by atoms with van der Waals surface area (Å²) in [5.41, 5.74) is 10.3. The lowest BCUT2D eigenvalue weighted by molar-refractivity contribution is 0.0986. The van der Waals surface area contributed by atoms with Crippen LogP contribution in [0.15, 0.2) is 36.4 Å². The summed E-state index contributed by atoms with van der Waals surface area (Å²) in [4.78, 5) is 14.6. The van der Waals surface area contributed by atoms with Gasteiger partial charge in [0.2, 0.25) is 0 Å². The third-order valence-electron chi connectivity index (χ3n) is 3.86. The molecule has 0 aliphatic carbocycles. The molecule has 2 aromatic carbocycles. The van der Waals surface area contributed by atoms with Crippen LogP contribution in [0, 0.1) is 6.92 Å². The van der Waals surface area contributed by atoms with Crippen LogP contribution in [0.2, 0.25) is 0 Å². The summed E-state index contributed by atoms with van der Waals surface area (Å²) < 4.78 is 5.32.